The highest BCUT2D eigenvalue weighted by Crippen LogP contribution is 2.44. The number of carbonyl (C=O) groups excluding carboxylic acids is 2. The second kappa shape index (κ2) is 14.5. The summed E-state index contributed by atoms with van der Waals surface area (Å²) < 4.78 is 14.0. The molecule has 8 heteroatoms. The number of benzene rings is 2. The van der Waals surface area contributed by atoms with Crippen LogP contribution in [0.2, 0.25) is 0 Å². The second-order valence-corrected chi connectivity index (χ2v) is 11.0. The molecule has 4 N–H and O–H groups in total. The van der Waals surface area contributed by atoms with Crippen molar-refractivity contribution in [1.82, 2.24) is 10.2 Å². The van der Waals surface area contributed by atoms with Crippen LogP contribution in [-0.4, -0.2) is 47.6 Å². The summed E-state index contributed by atoms with van der Waals surface area (Å²) in [5, 5.41) is 15.0. The summed E-state index contributed by atoms with van der Waals surface area (Å²) in [6.45, 7) is 5.85. The number of aliphatic hydroxyl groups is 1. The fourth-order valence-electron chi connectivity index (χ4n) is 5.33. The van der Waals surface area contributed by atoms with Gasteiger partial charge in [0.1, 0.15) is 5.82 Å². The Kier molecular flexibility index (Phi) is 11.5. The molecule has 2 aromatic rings. The third-order valence-corrected chi connectivity index (χ3v) is 7.86. The molecule has 0 aromatic heterocycles. The van der Waals surface area contributed by atoms with Crippen molar-refractivity contribution < 1.29 is 19.1 Å². The Balaban J connectivity index is 1.98. The summed E-state index contributed by atoms with van der Waals surface area (Å²) in [5.41, 5.74) is 6.76. The van der Waals surface area contributed by atoms with Gasteiger partial charge in [-0.1, -0.05) is 68.5 Å². The van der Waals surface area contributed by atoms with E-state index in [0.717, 1.165) is 24.0 Å². The highest BCUT2D eigenvalue weighted by Gasteiger charge is 2.49. The Bertz CT molecular complexity index is 1180. The standard InChI is InChI=1S/C31H39BrFN3O3/c1-3-15-36(16-4-2)30(39)31(14-8-11-24(19-31)29(34)38)25(17-22-9-6-5-7-10-22)28(37)21-35-20-23-12-13-27(33)26(32)18-23/h5-14,18,25,28,35,37H,3-4,15-17,19-21H2,1-2H3,(H2,34,38)/t25-,28+,31?/m1/s1. The van der Waals surface area contributed by atoms with Crippen LogP contribution in [0.15, 0.2) is 76.8 Å². The number of hydrogen-bond acceptors (Lipinski definition) is 4. The molecule has 0 heterocycles. The third kappa shape index (κ3) is 7.87. The molecule has 39 heavy (non-hydrogen) atoms. The molecule has 0 saturated heterocycles. The first-order chi connectivity index (χ1) is 18.7. The lowest BCUT2D eigenvalue weighted by Gasteiger charge is -2.44. The van der Waals surface area contributed by atoms with E-state index >= 15 is 0 Å². The minimum absolute atomic E-state index is 0.100. The van der Waals surface area contributed by atoms with Crippen LogP contribution in [-0.2, 0) is 22.6 Å². The number of nitrogens with one attached hydrogen (secondary N) is 1. The molecule has 0 fully saturated rings. The molecule has 0 aliphatic heterocycles. The number of allylic oxidation sites excluding steroid dienone is 2. The minimum atomic E-state index is -1.15. The van der Waals surface area contributed by atoms with E-state index in [-0.39, 0.29) is 24.7 Å². The lowest BCUT2D eigenvalue weighted by molar-refractivity contribution is -0.145. The van der Waals surface area contributed by atoms with Crippen LogP contribution < -0.4 is 11.1 Å². The maximum Gasteiger partial charge on any atom is 0.244 e. The smallest absolute Gasteiger partial charge is 0.244 e. The Hall–Kier alpha value is -2.81. The first-order valence-electron chi connectivity index (χ1n) is 13.6. The van der Waals surface area contributed by atoms with Crippen molar-refractivity contribution in [3.05, 3.63) is 93.7 Å². The second-order valence-electron chi connectivity index (χ2n) is 10.2. The third-order valence-electron chi connectivity index (χ3n) is 7.25. The zero-order valence-corrected chi connectivity index (χ0v) is 24.3. The number of aliphatic hydroxyl groups excluding tert-OH is 1. The Morgan fingerprint density at radius 2 is 1.82 bits per heavy atom. The van der Waals surface area contributed by atoms with Gasteiger partial charge in [-0.2, -0.15) is 0 Å². The Morgan fingerprint density at radius 1 is 1.13 bits per heavy atom. The van der Waals surface area contributed by atoms with E-state index in [9.17, 15) is 19.1 Å². The number of amides is 2. The molecule has 1 unspecified atom stereocenters. The number of nitrogens with zero attached hydrogens (tertiary/aromatic N) is 1. The number of hydrogen-bond donors (Lipinski definition) is 3. The maximum absolute atomic E-state index is 14.4. The van der Waals surface area contributed by atoms with E-state index in [2.05, 4.69) is 21.2 Å². The average molecular weight is 601 g/mol. The maximum atomic E-state index is 14.4. The predicted molar refractivity (Wildman–Crippen MR) is 156 cm³/mol. The van der Waals surface area contributed by atoms with E-state index in [0.29, 0.717) is 36.1 Å². The number of rotatable bonds is 14. The number of primary amides is 1. The molecule has 1 aliphatic rings. The zero-order chi connectivity index (χ0) is 28.4. The summed E-state index contributed by atoms with van der Waals surface area (Å²) in [5.74, 6) is -1.55. The molecule has 0 spiro atoms. The molecule has 210 valence electrons. The molecule has 3 atom stereocenters. The summed E-state index contributed by atoms with van der Waals surface area (Å²) in [6.07, 6.45) is 6.46. The van der Waals surface area contributed by atoms with Gasteiger partial charge in [0, 0.05) is 37.7 Å². The molecule has 3 rings (SSSR count). The molecule has 2 amide bonds. The molecular formula is C31H39BrFN3O3. The highest BCUT2D eigenvalue weighted by molar-refractivity contribution is 9.10. The van der Waals surface area contributed by atoms with Crippen LogP contribution in [0.3, 0.4) is 0 Å². The largest absolute Gasteiger partial charge is 0.391 e. The summed E-state index contributed by atoms with van der Waals surface area (Å²) in [4.78, 5) is 28.5. The monoisotopic (exact) mass is 599 g/mol. The van der Waals surface area contributed by atoms with E-state index in [1.54, 1.807) is 24.3 Å². The average Bonchev–Trinajstić information content (AvgIpc) is 2.93. The van der Waals surface area contributed by atoms with Crippen molar-refractivity contribution >= 4 is 27.7 Å². The van der Waals surface area contributed by atoms with Crippen molar-refractivity contribution in [2.24, 2.45) is 17.1 Å². The molecule has 6 nitrogen and oxygen atoms in total. The summed E-state index contributed by atoms with van der Waals surface area (Å²) in [7, 11) is 0. The van der Waals surface area contributed by atoms with E-state index in [1.807, 2.05) is 55.2 Å². The number of halogens is 2. The molecule has 2 aromatic carbocycles. The van der Waals surface area contributed by atoms with Gasteiger partial charge in [-0.05, 0) is 64.9 Å². The Labute approximate surface area is 239 Å². The fourth-order valence-corrected chi connectivity index (χ4v) is 5.76. The van der Waals surface area contributed by atoms with Gasteiger partial charge in [0.2, 0.25) is 11.8 Å². The van der Waals surface area contributed by atoms with Crippen molar-refractivity contribution in [3.63, 3.8) is 0 Å². The number of nitrogens with two attached hydrogens (primary N) is 1. The van der Waals surface area contributed by atoms with Gasteiger partial charge in [-0.25, -0.2) is 4.39 Å². The van der Waals surface area contributed by atoms with Gasteiger partial charge < -0.3 is 21.1 Å². The predicted octanol–water partition coefficient (Wildman–Crippen LogP) is 4.90. The molecule has 1 aliphatic carbocycles. The van der Waals surface area contributed by atoms with Crippen molar-refractivity contribution in [1.29, 1.82) is 0 Å². The van der Waals surface area contributed by atoms with Crippen LogP contribution in [0.5, 0.6) is 0 Å². The summed E-state index contributed by atoms with van der Waals surface area (Å²) in [6, 6.07) is 14.5. The first kappa shape index (κ1) is 30.7. The molecule has 0 radical (unpaired) electrons. The van der Waals surface area contributed by atoms with Crippen LogP contribution >= 0.6 is 15.9 Å². The number of carbonyl (C=O) groups is 2. The van der Waals surface area contributed by atoms with Crippen molar-refractivity contribution in [2.45, 2.75) is 52.2 Å². The normalized spacial score (nSPS) is 18.3. The van der Waals surface area contributed by atoms with Crippen molar-refractivity contribution in [2.75, 3.05) is 19.6 Å². The van der Waals surface area contributed by atoms with E-state index in [1.165, 1.54) is 6.07 Å². The van der Waals surface area contributed by atoms with Gasteiger partial charge in [-0.3, -0.25) is 9.59 Å². The molecular weight excluding hydrogens is 561 g/mol. The van der Waals surface area contributed by atoms with E-state index in [4.69, 9.17) is 5.73 Å². The summed E-state index contributed by atoms with van der Waals surface area (Å²) >= 11 is 3.21. The van der Waals surface area contributed by atoms with Gasteiger partial charge >= 0.3 is 0 Å². The zero-order valence-electron chi connectivity index (χ0n) is 22.7. The van der Waals surface area contributed by atoms with Gasteiger partial charge in [0.25, 0.3) is 0 Å². The first-order valence-corrected chi connectivity index (χ1v) is 14.3. The quantitative estimate of drug-likeness (QED) is 0.288. The lowest BCUT2D eigenvalue weighted by Crippen LogP contribution is -2.54. The lowest BCUT2D eigenvalue weighted by atomic mass is 9.64. The van der Waals surface area contributed by atoms with Crippen LogP contribution in [0.25, 0.3) is 0 Å². The van der Waals surface area contributed by atoms with Crippen molar-refractivity contribution in [3.8, 4) is 0 Å². The van der Waals surface area contributed by atoms with Gasteiger partial charge in [0.05, 0.1) is 16.0 Å². The van der Waals surface area contributed by atoms with Gasteiger partial charge in [0.15, 0.2) is 0 Å². The Morgan fingerprint density at radius 3 is 2.44 bits per heavy atom. The van der Waals surface area contributed by atoms with Gasteiger partial charge in [-0.15, -0.1) is 0 Å². The fraction of sp³-hybridized carbons (Fsp3) is 0.419. The minimum Gasteiger partial charge on any atom is -0.391 e. The van der Waals surface area contributed by atoms with Crippen LogP contribution in [0.4, 0.5) is 4.39 Å². The highest BCUT2D eigenvalue weighted by atomic mass is 79.9. The van der Waals surface area contributed by atoms with E-state index < -0.39 is 23.3 Å². The molecule has 0 saturated carbocycles. The van der Waals surface area contributed by atoms with Crippen LogP contribution in [0.1, 0.15) is 44.2 Å². The van der Waals surface area contributed by atoms with Crippen LogP contribution in [0, 0.1) is 17.2 Å². The molecule has 0 bridgehead atoms. The SMILES string of the molecule is CCCN(CCC)C(=O)C1([C@H](Cc2ccccc2)[C@@H](O)CNCc2ccc(F)c(Br)c2)C=CC=C(C(N)=O)C1. The topological polar surface area (TPSA) is 95.7 Å².